The number of ether oxygens (including phenoxy) is 2. The van der Waals surface area contributed by atoms with Gasteiger partial charge in [-0.2, -0.15) is 4.31 Å². The molecule has 0 spiro atoms. The lowest BCUT2D eigenvalue weighted by molar-refractivity contribution is -0.123. The third kappa shape index (κ3) is 6.12. The van der Waals surface area contributed by atoms with E-state index in [0.717, 1.165) is 17.8 Å². The van der Waals surface area contributed by atoms with Crippen molar-refractivity contribution in [3.63, 3.8) is 0 Å². The number of nitrogens with zero attached hydrogens (tertiary/aromatic N) is 4. The quantitative estimate of drug-likeness (QED) is 0.372. The Morgan fingerprint density at radius 3 is 2.61 bits per heavy atom. The molecular formula is C24H30Cl2N4O5S3. The van der Waals surface area contributed by atoms with E-state index in [0.29, 0.717) is 77.9 Å². The summed E-state index contributed by atoms with van der Waals surface area (Å²) in [5.74, 6) is 0.286. The summed E-state index contributed by atoms with van der Waals surface area (Å²) in [5, 5.41) is 2.90. The van der Waals surface area contributed by atoms with Crippen LogP contribution in [0.1, 0.15) is 12.8 Å². The topological polar surface area (TPSA) is 92.3 Å². The standard InChI is InChI=1S/C24H29ClN4O5S3.ClH/c1-33-19-5-4-18(25)22-21(19)26-24(36-22)29(11-10-27-12-14-34-15-13-27)23(30)17-6-8-28(9-7-17)37(31,32)20-3-2-16-35-20;/h2-5,16-17H,6-15H2,1H3;1H. The van der Waals surface area contributed by atoms with Crippen LogP contribution in [-0.2, 0) is 19.6 Å². The first kappa shape index (κ1) is 29.5. The van der Waals surface area contributed by atoms with Gasteiger partial charge in [-0.05, 0) is 36.4 Å². The number of piperidine rings is 1. The maximum Gasteiger partial charge on any atom is 0.252 e. The van der Waals surface area contributed by atoms with Crippen molar-refractivity contribution in [3.05, 3.63) is 34.7 Å². The Morgan fingerprint density at radius 1 is 1.21 bits per heavy atom. The van der Waals surface area contributed by atoms with Crippen molar-refractivity contribution in [2.45, 2.75) is 17.1 Å². The molecule has 0 atom stereocenters. The van der Waals surface area contributed by atoms with Gasteiger partial charge in [-0.3, -0.25) is 14.6 Å². The third-order valence-electron chi connectivity index (χ3n) is 6.80. The molecule has 0 N–H and O–H groups in total. The minimum absolute atomic E-state index is 0. The average molecular weight is 622 g/mol. The van der Waals surface area contributed by atoms with E-state index in [1.807, 2.05) is 0 Å². The average Bonchev–Trinajstić information content (AvgIpc) is 3.62. The summed E-state index contributed by atoms with van der Waals surface area (Å²) in [6.45, 7) is 4.80. The molecule has 9 nitrogen and oxygen atoms in total. The van der Waals surface area contributed by atoms with Crippen molar-refractivity contribution >= 4 is 78.0 Å². The van der Waals surface area contributed by atoms with Crippen LogP contribution in [0.15, 0.2) is 33.9 Å². The van der Waals surface area contributed by atoms with Crippen molar-refractivity contribution in [2.75, 3.05) is 64.5 Å². The molecule has 4 heterocycles. The zero-order valence-corrected chi connectivity index (χ0v) is 24.9. The summed E-state index contributed by atoms with van der Waals surface area (Å²) in [6, 6.07) is 6.91. The molecule has 0 unspecified atom stereocenters. The number of anilines is 1. The smallest absolute Gasteiger partial charge is 0.252 e. The fraction of sp³-hybridized carbons (Fsp3) is 0.500. The lowest BCUT2D eigenvalue weighted by atomic mass is 9.96. The number of amides is 1. The van der Waals surface area contributed by atoms with E-state index < -0.39 is 10.0 Å². The highest BCUT2D eigenvalue weighted by Crippen LogP contribution is 2.39. The van der Waals surface area contributed by atoms with Crippen LogP contribution in [-0.4, -0.2) is 88.1 Å². The lowest BCUT2D eigenvalue weighted by Gasteiger charge is -2.34. The molecule has 0 aliphatic carbocycles. The maximum absolute atomic E-state index is 13.9. The fourth-order valence-corrected chi connectivity index (χ4v) is 8.59. The Morgan fingerprint density at radius 2 is 1.95 bits per heavy atom. The van der Waals surface area contributed by atoms with Crippen molar-refractivity contribution in [2.24, 2.45) is 5.92 Å². The SMILES string of the molecule is COc1ccc(Cl)c2sc(N(CCN3CCOCC3)C(=O)C3CCN(S(=O)(=O)c4cccs4)CC3)nc12.Cl. The maximum atomic E-state index is 13.9. The summed E-state index contributed by atoms with van der Waals surface area (Å²) in [6.07, 6.45) is 0.929. The fourth-order valence-electron chi connectivity index (χ4n) is 4.69. The molecule has 2 aliphatic heterocycles. The predicted molar refractivity (Wildman–Crippen MR) is 154 cm³/mol. The highest BCUT2D eigenvalue weighted by atomic mass is 35.5. The number of fused-ring (bicyclic) bond motifs is 1. The first-order valence-corrected chi connectivity index (χ1v) is 15.7. The Balaban J connectivity index is 0.00000336. The number of morpholine rings is 1. The zero-order chi connectivity index (χ0) is 26.0. The molecular weight excluding hydrogens is 591 g/mol. The second-order valence-electron chi connectivity index (χ2n) is 8.98. The molecule has 2 saturated heterocycles. The monoisotopic (exact) mass is 620 g/mol. The molecule has 2 fully saturated rings. The van der Waals surface area contributed by atoms with Crippen LogP contribution in [0.2, 0.25) is 5.02 Å². The van der Waals surface area contributed by atoms with Gasteiger partial charge in [0.1, 0.15) is 15.5 Å². The van der Waals surface area contributed by atoms with Crippen LogP contribution in [0.4, 0.5) is 5.13 Å². The first-order valence-electron chi connectivity index (χ1n) is 12.2. The number of hydrogen-bond donors (Lipinski definition) is 0. The molecule has 1 aromatic carbocycles. The molecule has 2 aromatic heterocycles. The number of thiazole rings is 1. The molecule has 5 rings (SSSR count). The van der Waals surface area contributed by atoms with Crippen molar-refractivity contribution < 1.29 is 22.7 Å². The molecule has 3 aromatic rings. The molecule has 208 valence electrons. The van der Waals surface area contributed by atoms with Crippen molar-refractivity contribution in [1.82, 2.24) is 14.2 Å². The molecule has 1 amide bonds. The number of halogens is 2. The second-order valence-corrected chi connectivity index (χ2v) is 13.5. The molecule has 2 aliphatic rings. The van der Waals surface area contributed by atoms with Gasteiger partial charge in [0.25, 0.3) is 10.0 Å². The number of hydrogen-bond acceptors (Lipinski definition) is 9. The Hall–Kier alpha value is -1.51. The number of benzene rings is 1. The van der Waals surface area contributed by atoms with Crippen LogP contribution in [0.5, 0.6) is 5.75 Å². The van der Waals surface area contributed by atoms with Gasteiger partial charge in [-0.1, -0.05) is 29.0 Å². The van der Waals surface area contributed by atoms with Crippen molar-refractivity contribution in [3.8, 4) is 5.75 Å². The van der Waals surface area contributed by atoms with Gasteiger partial charge < -0.3 is 9.47 Å². The molecule has 14 heteroatoms. The minimum Gasteiger partial charge on any atom is -0.494 e. The summed E-state index contributed by atoms with van der Waals surface area (Å²) in [4.78, 5) is 22.7. The molecule has 38 heavy (non-hydrogen) atoms. The first-order chi connectivity index (χ1) is 17.9. The lowest BCUT2D eigenvalue weighted by Crippen LogP contribution is -2.47. The van der Waals surface area contributed by atoms with Crippen LogP contribution in [0, 0.1) is 5.92 Å². The van der Waals surface area contributed by atoms with E-state index in [2.05, 4.69) is 4.90 Å². The summed E-state index contributed by atoms with van der Waals surface area (Å²) in [7, 11) is -1.94. The molecule has 0 radical (unpaired) electrons. The van der Waals surface area contributed by atoms with Crippen molar-refractivity contribution in [1.29, 1.82) is 0 Å². The normalized spacial score (nSPS) is 17.8. The Bertz CT molecular complexity index is 1340. The minimum atomic E-state index is -3.53. The molecule has 0 saturated carbocycles. The zero-order valence-electron chi connectivity index (χ0n) is 20.9. The van der Waals surface area contributed by atoms with E-state index in [9.17, 15) is 13.2 Å². The largest absolute Gasteiger partial charge is 0.494 e. The number of sulfonamides is 1. The van der Waals surface area contributed by atoms with Gasteiger partial charge in [0.2, 0.25) is 5.91 Å². The number of methoxy groups -OCH3 is 1. The summed E-state index contributed by atoms with van der Waals surface area (Å²) >= 11 is 9.05. The van der Waals surface area contributed by atoms with Crippen LogP contribution in [0.25, 0.3) is 10.2 Å². The third-order valence-corrected chi connectivity index (χ3v) is 11.6. The van der Waals surface area contributed by atoms with Gasteiger partial charge in [-0.25, -0.2) is 13.4 Å². The van der Waals surface area contributed by atoms with E-state index in [-0.39, 0.29) is 24.2 Å². The number of rotatable bonds is 8. The van der Waals surface area contributed by atoms with E-state index in [4.69, 9.17) is 26.1 Å². The van der Waals surface area contributed by atoms with Crippen LogP contribution in [0.3, 0.4) is 0 Å². The van der Waals surface area contributed by atoms with Crippen LogP contribution >= 0.6 is 46.7 Å². The van der Waals surface area contributed by atoms with Gasteiger partial charge in [0.15, 0.2) is 5.13 Å². The van der Waals surface area contributed by atoms with E-state index in [1.54, 1.807) is 41.7 Å². The van der Waals surface area contributed by atoms with Gasteiger partial charge in [0.05, 0.1) is 30.0 Å². The Kier molecular flexibility index (Phi) is 9.91. The predicted octanol–water partition coefficient (Wildman–Crippen LogP) is 4.21. The van der Waals surface area contributed by atoms with Gasteiger partial charge >= 0.3 is 0 Å². The number of carbonyl (C=O) groups is 1. The molecule has 0 bridgehead atoms. The highest BCUT2D eigenvalue weighted by molar-refractivity contribution is 7.91. The van der Waals surface area contributed by atoms with E-state index >= 15 is 0 Å². The van der Waals surface area contributed by atoms with Crippen LogP contribution < -0.4 is 9.64 Å². The number of aromatic nitrogens is 1. The summed E-state index contributed by atoms with van der Waals surface area (Å²) in [5.41, 5.74) is 0.635. The number of carbonyl (C=O) groups excluding carboxylic acids is 1. The summed E-state index contributed by atoms with van der Waals surface area (Å²) < 4.78 is 39.4. The second kappa shape index (κ2) is 12.8. The van der Waals surface area contributed by atoms with Gasteiger partial charge in [-0.15, -0.1) is 23.7 Å². The highest BCUT2D eigenvalue weighted by Gasteiger charge is 2.35. The number of thiophene rings is 1. The van der Waals surface area contributed by atoms with Gasteiger partial charge in [0, 0.05) is 45.2 Å². The Labute approximate surface area is 241 Å². The van der Waals surface area contributed by atoms with E-state index in [1.165, 1.54) is 27.0 Å².